The molecule has 31 heavy (non-hydrogen) atoms. The zero-order valence-electron chi connectivity index (χ0n) is 17.2. The number of nitriles is 1. The van der Waals surface area contributed by atoms with Crippen LogP contribution < -0.4 is 10.5 Å². The Morgan fingerprint density at radius 2 is 1.81 bits per heavy atom. The van der Waals surface area contributed by atoms with Crippen molar-refractivity contribution < 1.29 is 4.42 Å². The van der Waals surface area contributed by atoms with Crippen molar-refractivity contribution in [2.24, 2.45) is 0 Å². The monoisotopic (exact) mass is 409 g/mol. The van der Waals surface area contributed by atoms with E-state index in [4.69, 9.17) is 4.42 Å². The Balaban J connectivity index is 1.96. The largest absolute Gasteiger partial charge is 0.422 e. The molecule has 152 valence electrons. The van der Waals surface area contributed by atoms with E-state index in [1.54, 1.807) is 4.40 Å². The summed E-state index contributed by atoms with van der Waals surface area (Å²) in [7, 11) is 0. The van der Waals surface area contributed by atoms with Gasteiger partial charge in [0.1, 0.15) is 11.7 Å². The van der Waals surface area contributed by atoms with E-state index in [1.165, 1.54) is 6.07 Å². The van der Waals surface area contributed by atoms with Crippen LogP contribution in [0.4, 0.5) is 5.69 Å². The van der Waals surface area contributed by atoms with Gasteiger partial charge in [-0.2, -0.15) is 5.26 Å². The summed E-state index contributed by atoms with van der Waals surface area (Å²) in [6.45, 7) is 5.86. The lowest BCUT2D eigenvalue weighted by molar-refractivity contribution is 0.569. The molecule has 0 fully saturated rings. The summed E-state index contributed by atoms with van der Waals surface area (Å²) in [5, 5.41) is 19.4. The second-order valence-electron chi connectivity index (χ2n) is 7.22. The average Bonchev–Trinajstić information content (AvgIpc) is 3.25. The summed E-state index contributed by atoms with van der Waals surface area (Å²) in [5.41, 5.74) is 3.13. The minimum absolute atomic E-state index is 0.272. The second-order valence-corrected chi connectivity index (χ2v) is 7.22. The summed E-state index contributed by atoms with van der Waals surface area (Å²) < 4.78 is 7.47. The van der Waals surface area contributed by atoms with Crippen LogP contribution in [0.2, 0.25) is 0 Å². The van der Waals surface area contributed by atoms with Gasteiger partial charge in [-0.1, -0.05) is 30.3 Å². The molecule has 2 aromatic carbocycles. The van der Waals surface area contributed by atoms with Crippen LogP contribution >= 0.6 is 0 Å². The number of anilines is 1. The summed E-state index contributed by atoms with van der Waals surface area (Å²) >= 11 is 0. The fourth-order valence-electron chi connectivity index (χ4n) is 4.08. The van der Waals surface area contributed by atoms with Gasteiger partial charge in [-0.3, -0.25) is 4.40 Å². The molecule has 0 N–H and O–H groups in total. The lowest BCUT2D eigenvalue weighted by Gasteiger charge is -2.21. The van der Waals surface area contributed by atoms with Crippen molar-refractivity contribution >= 4 is 33.2 Å². The second kappa shape index (κ2) is 7.26. The molecule has 0 unspecified atom stereocenters. The van der Waals surface area contributed by atoms with Gasteiger partial charge in [0.15, 0.2) is 11.5 Å². The van der Waals surface area contributed by atoms with E-state index in [2.05, 4.69) is 35.0 Å². The van der Waals surface area contributed by atoms with Crippen LogP contribution in [0.3, 0.4) is 0 Å². The maximum absolute atomic E-state index is 13.0. The van der Waals surface area contributed by atoms with E-state index in [-0.39, 0.29) is 5.56 Å². The molecule has 0 saturated carbocycles. The molecule has 3 heterocycles. The molecular formula is C24H19N5O2. The predicted octanol–water partition coefficient (Wildman–Crippen LogP) is 4.37. The van der Waals surface area contributed by atoms with Crippen LogP contribution in [0, 0.1) is 11.3 Å². The van der Waals surface area contributed by atoms with Gasteiger partial charge in [0.05, 0.1) is 16.5 Å². The van der Waals surface area contributed by atoms with E-state index in [1.807, 2.05) is 48.5 Å². The quantitative estimate of drug-likeness (QED) is 0.323. The van der Waals surface area contributed by atoms with Gasteiger partial charge < -0.3 is 9.32 Å². The van der Waals surface area contributed by atoms with Crippen molar-refractivity contribution in [2.75, 3.05) is 18.0 Å². The van der Waals surface area contributed by atoms with Crippen molar-refractivity contribution in [3.8, 4) is 17.5 Å². The minimum Gasteiger partial charge on any atom is -0.422 e. The third kappa shape index (κ3) is 2.84. The number of hydrogen-bond donors (Lipinski definition) is 0. The topological polar surface area (TPSA) is 87.4 Å². The first-order chi connectivity index (χ1) is 15.2. The van der Waals surface area contributed by atoms with Gasteiger partial charge in [-0.05, 0) is 32.0 Å². The normalized spacial score (nSPS) is 11.3. The fraction of sp³-hybridized carbons (Fsp3) is 0.167. The van der Waals surface area contributed by atoms with E-state index < -0.39 is 5.63 Å². The smallest absolute Gasteiger partial charge is 0.345 e. The molecule has 7 nitrogen and oxygen atoms in total. The SMILES string of the molecule is CCN(CC)c1ccc2c(c1)oc(=O)c1cc(C#N)c3nnc(-c4ccccc4)n3c12. The highest BCUT2D eigenvalue weighted by Gasteiger charge is 2.20. The number of hydrogen-bond acceptors (Lipinski definition) is 6. The Morgan fingerprint density at radius 1 is 1.03 bits per heavy atom. The summed E-state index contributed by atoms with van der Waals surface area (Å²) in [6.07, 6.45) is 0. The van der Waals surface area contributed by atoms with Crippen molar-refractivity contribution in [3.63, 3.8) is 0 Å². The molecule has 0 aliphatic heterocycles. The maximum atomic E-state index is 13.0. The molecule has 0 spiro atoms. The number of aromatic nitrogens is 3. The molecule has 7 heteroatoms. The van der Waals surface area contributed by atoms with Crippen molar-refractivity contribution in [1.29, 1.82) is 5.26 Å². The first-order valence-corrected chi connectivity index (χ1v) is 10.2. The standard InChI is InChI=1S/C24H19N5O2/c1-3-28(4-2)17-10-11-18-20(13-17)31-24(30)19-12-16(14-25)23-27-26-22(29(23)21(18)19)15-8-6-5-7-9-15/h5-13H,3-4H2,1-2H3. The fourth-order valence-corrected chi connectivity index (χ4v) is 4.08. The molecule has 0 aliphatic carbocycles. The minimum atomic E-state index is -0.495. The van der Waals surface area contributed by atoms with Crippen molar-refractivity contribution in [2.45, 2.75) is 13.8 Å². The van der Waals surface area contributed by atoms with E-state index in [0.29, 0.717) is 28.0 Å². The van der Waals surface area contributed by atoms with Gasteiger partial charge >= 0.3 is 5.63 Å². The van der Waals surface area contributed by atoms with Gasteiger partial charge in [-0.25, -0.2) is 4.79 Å². The molecule has 0 bridgehead atoms. The van der Waals surface area contributed by atoms with Gasteiger partial charge in [0, 0.05) is 35.8 Å². The first kappa shape index (κ1) is 18.8. The van der Waals surface area contributed by atoms with Gasteiger partial charge in [-0.15, -0.1) is 10.2 Å². The summed E-state index contributed by atoms with van der Waals surface area (Å²) in [4.78, 5) is 15.1. The van der Waals surface area contributed by atoms with E-state index in [0.717, 1.165) is 29.7 Å². The van der Waals surface area contributed by atoms with Crippen LogP contribution in [0.25, 0.3) is 38.9 Å². The Labute approximate surface area is 177 Å². The Bertz CT molecular complexity index is 1540. The van der Waals surface area contributed by atoms with Crippen LogP contribution in [0.15, 0.2) is 63.8 Å². The maximum Gasteiger partial charge on any atom is 0.345 e. The molecule has 0 radical (unpaired) electrons. The number of rotatable bonds is 4. The molecule has 5 aromatic rings. The van der Waals surface area contributed by atoms with Crippen molar-refractivity contribution in [3.05, 3.63) is 70.6 Å². The zero-order valence-corrected chi connectivity index (χ0v) is 17.2. The number of pyridine rings is 1. The van der Waals surface area contributed by atoms with Crippen LogP contribution in [0.1, 0.15) is 19.4 Å². The molecule has 0 aliphatic rings. The Kier molecular flexibility index (Phi) is 4.41. The van der Waals surface area contributed by atoms with Crippen LogP contribution in [0.5, 0.6) is 0 Å². The highest BCUT2D eigenvalue weighted by Crippen LogP contribution is 2.31. The highest BCUT2D eigenvalue weighted by molar-refractivity contribution is 6.05. The lowest BCUT2D eigenvalue weighted by Crippen LogP contribution is -2.21. The van der Waals surface area contributed by atoms with Crippen LogP contribution in [-0.2, 0) is 0 Å². The first-order valence-electron chi connectivity index (χ1n) is 10.2. The predicted molar refractivity (Wildman–Crippen MR) is 120 cm³/mol. The Hall–Kier alpha value is -4.18. The number of nitrogens with zero attached hydrogens (tertiary/aromatic N) is 5. The molecule has 3 aromatic heterocycles. The van der Waals surface area contributed by atoms with Gasteiger partial charge in [0.2, 0.25) is 0 Å². The lowest BCUT2D eigenvalue weighted by atomic mass is 10.1. The molecule has 0 amide bonds. The summed E-state index contributed by atoms with van der Waals surface area (Å²) in [5.74, 6) is 0.567. The molecule has 5 rings (SSSR count). The zero-order chi connectivity index (χ0) is 21.5. The summed E-state index contributed by atoms with van der Waals surface area (Å²) in [6, 6.07) is 19.1. The van der Waals surface area contributed by atoms with Crippen LogP contribution in [-0.4, -0.2) is 27.7 Å². The molecule has 0 saturated heterocycles. The molecular weight excluding hydrogens is 390 g/mol. The molecule has 0 atom stereocenters. The third-order valence-electron chi connectivity index (χ3n) is 5.60. The third-order valence-corrected chi connectivity index (χ3v) is 5.60. The average molecular weight is 409 g/mol. The highest BCUT2D eigenvalue weighted by atomic mass is 16.4. The van der Waals surface area contributed by atoms with E-state index in [9.17, 15) is 10.1 Å². The van der Waals surface area contributed by atoms with Crippen molar-refractivity contribution in [1.82, 2.24) is 14.6 Å². The van der Waals surface area contributed by atoms with E-state index >= 15 is 0 Å². The van der Waals surface area contributed by atoms with Gasteiger partial charge in [0.25, 0.3) is 0 Å². The number of fused-ring (bicyclic) bond motifs is 5. The number of benzene rings is 2. The Morgan fingerprint density at radius 3 is 2.52 bits per heavy atom.